The van der Waals surface area contributed by atoms with Crippen LogP contribution in [0.15, 0.2) is 18.2 Å². The Morgan fingerprint density at radius 1 is 1.56 bits per heavy atom. The zero-order valence-electron chi connectivity index (χ0n) is 9.75. The van der Waals surface area contributed by atoms with Crippen LogP contribution < -0.4 is 10.5 Å². The highest BCUT2D eigenvalue weighted by atomic mass is 16.5. The van der Waals surface area contributed by atoms with E-state index in [1.165, 1.54) is 5.56 Å². The number of hydrogen-bond donors (Lipinski definition) is 1. The molecule has 1 amide bonds. The van der Waals surface area contributed by atoms with Crippen LogP contribution in [0.25, 0.3) is 0 Å². The summed E-state index contributed by atoms with van der Waals surface area (Å²) in [5, 5.41) is 0. The molecule has 1 aliphatic carbocycles. The van der Waals surface area contributed by atoms with Crippen LogP contribution in [0.4, 0.5) is 0 Å². The average molecular weight is 219 g/mol. The Hall–Kier alpha value is -1.51. The summed E-state index contributed by atoms with van der Waals surface area (Å²) >= 11 is 0. The molecule has 1 aliphatic rings. The zero-order chi connectivity index (χ0) is 11.8. The van der Waals surface area contributed by atoms with Gasteiger partial charge in [0.05, 0.1) is 12.5 Å². The van der Waals surface area contributed by atoms with E-state index in [0.717, 1.165) is 30.6 Å². The van der Waals surface area contributed by atoms with Crippen molar-refractivity contribution in [3.8, 4) is 5.75 Å². The average Bonchev–Trinajstić information content (AvgIpc) is 2.67. The number of aryl methyl sites for hydroxylation is 1. The first-order valence-electron chi connectivity index (χ1n) is 5.61. The fraction of sp³-hybridized carbons (Fsp3) is 0.462. The van der Waals surface area contributed by atoms with E-state index in [1.54, 1.807) is 7.11 Å². The van der Waals surface area contributed by atoms with Gasteiger partial charge in [0.1, 0.15) is 5.75 Å². The predicted molar refractivity (Wildman–Crippen MR) is 62.5 cm³/mol. The van der Waals surface area contributed by atoms with Gasteiger partial charge in [-0.3, -0.25) is 4.79 Å². The summed E-state index contributed by atoms with van der Waals surface area (Å²) in [6.07, 6.45) is 2.50. The van der Waals surface area contributed by atoms with Crippen molar-refractivity contribution in [2.45, 2.75) is 31.6 Å². The second-order valence-electron chi connectivity index (χ2n) is 4.32. The summed E-state index contributed by atoms with van der Waals surface area (Å²) in [5.74, 6) is 0.571. The summed E-state index contributed by atoms with van der Waals surface area (Å²) < 4.78 is 5.20. The molecule has 1 aromatic rings. The van der Waals surface area contributed by atoms with Crippen LogP contribution in [0.3, 0.4) is 0 Å². The molecule has 16 heavy (non-hydrogen) atoms. The molecule has 0 aromatic heterocycles. The molecule has 3 nitrogen and oxygen atoms in total. The molecular formula is C13H17NO2. The highest BCUT2D eigenvalue weighted by Gasteiger charge is 2.42. The van der Waals surface area contributed by atoms with Gasteiger partial charge in [0, 0.05) is 0 Å². The number of fused-ring (bicyclic) bond motifs is 1. The SMILES string of the molecule is CCC1(C(N)=O)CCc2ccc(OC)cc21. The van der Waals surface area contributed by atoms with Crippen LogP contribution in [0.2, 0.25) is 0 Å². The third kappa shape index (κ3) is 1.39. The number of carbonyl (C=O) groups is 1. The van der Waals surface area contributed by atoms with Gasteiger partial charge in [0.2, 0.25) is 5.91 Å². The first kappa shape index (κ1) is 11.0. The van der Waals surface area contributed by atoms with Crippen LogP contribution >= 0.6 is 0 Å². The van der Waals surface area contributed by atoms with Gasteiger partial charge in [-0.15, -0.1) is 0 Å². The van der Waals surface area contributed by atoms with E-state index in [2.05, 4.69) is 0 Å². The van der Waals surface area contributed by atoms with Crippen molar-refractivity contribution in [1.29, 1.82) is 0 Å². The van der Waals surface area contributed by atoms with E-state index in [4.69, 9.17) is 10.5 Å². The number of rotatable bonds is 3. The van der Waals surface area contributed by atoms with Crippen molar-refractivity contribution in [3.63, 3.8) is 0 Å². The second kappa shape index (κ2) is 3.81. The Morgan fingerprint density at radius 3 is 2.88 bits per heavy atom. The fourth-order valence-corrected chi connectivity index (χ4v) is 2.63. The van der Waals surface area contributed by atoms with E-state index in [9.17, 15) is 4.79 Å². The number of ether oxygens (including phenoxy) is 1. The Bertz CT molecular complexity index is 428. The maximum absolute atomic E-state index is 11.7. The predicted octanol–water partition coefficient (Wildman–Crippen LogP) is 1.77. The van der Waals surface area contributed by atoms with Crippen LogP contribution in [0.1, 0.15) is 30.9 Å². The number of benzene rings is 1. The van der Waals surface area contributed by atoms with Gasteiger partial charge in [-0.05, 0) is 42.5 Å². The van der Waals surface area contributed by atoms with Gasteiger partial charge in [0.15, 0.2) is 0 Å². The molecule has 2 rings (SSSR count). The molecule has 1 atom stereocenters. The first-order valence-corrected chi connectivity index (χ1v) is 5.61. The number of amides is 1. The second-order valence-corrected chi connectivity index (χ2v) is 4.32. The Kier molecular flexibility index (Phi) is 2.62. The van der Waals surface area contributed by atoms with E-state index >= 15 is 0 Å². The maximum Gasteiger partial charge on any atom is 0.228 e. The molecule has 0 aliphatic heterocycles. The minimum absolute atomic E-state index is 0.220. The Balaban J connectivity index is 2.55. The smallest absolute Gasteiger partial charge is 0.228 e. The lowest BCUT2D eigenvalue weighted by molar-refractivity contribution is -0.123. The highest BCUT2D eigenvalue weighted by Crippen LogP contribution is 2.42. The molecule has 0 spiro atoms. The molecule has 0 saturated carbocycles. The first-order chi connectivity index (χ1) is 7.64. The molecule has 0 fully saturated rings. The molecule has 1 unspecified atom stereocenters. The molecular weight excluding hydrogens is 202 g/mol. The maximum atomic E-state index is 11.7. The lowest BCUT2D eigenvalue weighted by atomic mass is 9.78. The lowest BCUT2D eigenvalue weighted by Crippen LogP contribution is -2.38. The van der Waals surface area contributed by atoms with Crippen molar-refractivity contribution in [1.82, 2.24) is 0 Å². The fourth-order valence-electron chi connectivity index (χ4n) is 2.63. The lowest BCUT2D eigenvalue weighted by Gasteiger charge is -2.25. The van der Waals surface area contributed by atoms with E-state index < -0.39 is 5.41 Å². The van der Waals surface area contributed by atoms with Crippen molar-refractivity contribution in [2.24, 2.45) is 5.73 Å². The molecule has 0 radical (unpaired) electrons. The monoisotopic (exact) mass is 219 g/mol. The van der Waals surface area contributed by atoms with Gasteiger partial charge >= 0.3 is 0 Å². The normalized spacial score (nSPS) is 22.9. The number of carbonyl (C=O) groups excluding carboxylic acids is 1. The van der Waals surface area contributed by atoms with Crippen LogP contribution in [0, 0.1) is 0 Å². The molecule has 0 bridgehead atoms. The van der Waals surface area contributed by atoms with Crippen LogP contribution in [-0.2, 0) is 16.6 Å². The zero-order valence-corrected chi connectivity index (χ0v) is 9.75. The van der Waals surface area contributed by atoms with Gasteiger partial charge in [-0.25, -0.2) is 0 Å². The Morgan fingerprint density at radius 2 is 2.31 bits per heavy atom. The van der Waals surface area contributed by atoms with Crippen molar-refractivity contribution in [2.75, 3.05) is 7.11 Å². The quantitative estimate of drug-likeness (QED) is 0.842. The summed E-state index contributed by atoms with van der Waals surface area (Å²) in [5.41, 5.74) is 7.37. The molecule has 3 heteroatoms. The number of methoxy groups -OCH3 is 1. The van der Waals surface area contributed by atoms with Crippen molar-refractivity contribution in [3.05, 3.63) is 29.3 Å². The molecule has 0 saturated heterocycles. The molecule has 0 heterocycles. The number of nitrogens with two attached hydrogens (primary N) is 1. The Labute approximate surface area is 95.6 Å². The van der Waals surface area contributed by atoms with Crippen LogP contribution in [-0.4, -0.2) is 13.0 Å². The summed E-state index contributed by atoms with van der Waals surface area (Å²) in [6, 6.07) is 5.93. The third-order valence-corrected chi connectivity index (χ3v) is 3.73. The van der Waals surface area contributed by atoms with Gasteiger partial charge < -0.3 is 10.5 Å². The minimum atomic E-state index is -0.482. The van der Waals surface area contributed by atoms with Gasteiger partial charge in [0.25, 0.3) is 0 Å². The molecule has 86 valence electrons. The summed E-state index contributed by atoms with van der Waals surface area (Å²) in [7, 11) is 1.63. The van der Waals surface area contributed by atoms with E-state index in [1.807, 2.05) is 25.1 Å². The molecule has 1 aromatic carbocycles. The van der Waals surface area contributed by atoms with Gasteiger partial charge in [-0.2, -0.15) is 0 Å². The summed E-state index contributed by atoms with van der Waals surface area (Å²) in [4.78, 5) is 11.7. The summed E-state index contributed by atoms with van der Waals surface area (Å²) in [6.45, 7) is 2.01. The topological polar surface area (TPSA) is 52.3 Å². The van der Waals surface area contributed by atoms with E-state index in [-0.39, 0.29) is 5.91 Å². The molecule has 2 N–H and O–H groups in total. The van der Waals surface area contributed by atoms with Gasteiger partial charge in [-0.1, -0.05) is 13.0 Å². The van der Waals surface area contributed by atoms with E-state index in [0.29, 0.717) is 0 Å². The van der Waals surface area contributed by atoms with Crippen LogP contribution in [0.5, 0.6) is 5.75 Å². The standard InChI is InChI=1S/C13H17NO2/c1-3-13(12(14)15)7-6-9-4-5-10(16-2)8-11(9)13/h4-5,8H,3,6-7H2,1-2H3,(H2,14,15). The third-order valence-electron chi connectivity index (χ3n) is 3.73. The highest BCUT2D eigenvalue weighted by molar-refractivity contribution is 5.88. The van der Waals surface area contributed by atoms with Crippen molar-refractivity contribution >= 4 is 5.91 Å². The number of hydrogen-bond acceptors (Lipinski definition) is 2. The number of primary amides is 1. The largest absolute Gasteiger partial charge is 0.497 e. The van der Waals surface area contributed by atoms with Crippen molar-refractivity contribution < 1.29 is 9.53 Å². The minimum Gasteiger partial charge on any atom is -0.497 e.